The van der Waals surface area contributed by atoms with Gasteiger partial charge in [0, 0.05) is 25.0 Å². The van der Waals surface area contributed by atoms with Crippen molar-refractivity contribution in [2.45, 2.75) is 38.5 Å². The number of aliphatic imine (C=N–C) groups is 1. The molecule has 0 aliphatic heterocycles. The van der Waals surface area contributed by atoms with Crippen LogP contribution in [0.3, 0.4) is 0 Å². The highest BCUT2D eigenvalue weighted by Crippen LogP contribution is 2.43. The quantitative estimate of drug-likeness (QED) is 0.352. The summed E-state index contributed by atoms with van der Waals surface area (Å²) in [6, 6.07) is 10.6. The van der Waals surface area contributed by atoms with Gasteiger partial charge in [0.05, 0.1) is 12.3 Å². The van der Waals surface area contributed by atoms with E-state index >= 15 is 0 Å². The van der Waals surface area contributed by atoms with Crippen molar-refractivity contribution in [1.29, 1.82) is 0 Å². The molecule has 1 aliphatic carbocycles. The van der Waals surface area contributed by atoms with E-state index in [1.165, 1.54) is 12.0 Å². The van der Waals surface area contributed by atoms with Crippen LogP contribution in [0, 0.1) is 0 Å². The van der Waals surface area contributed by atoms with Crippen LogP contribution in [0.25, 0.3) is 0 Å². The minimum absolute atomic E-state index is 0.0980. The normalized spacial score (nSPS) is 17.0. The average molecular weight is 367 g/mol. The van der Waals surface area contributed by atoms with Crippen molar-refractivity contribution in [3.8, 4) is 0 Å². The Morgan fingerprint density at radius 1 is 1.12 bits per heavy atom. The van der Waals surface area contributed by atoms with Crippen molar-refractivity contribution in [2.75, 3.05) is 31.9 Å². The molecular formula is C18H30N4O2S. The molecule has 2 rings (SSSR count). The highest BCUT2D eigenvalue weighted by Gasteiger charge is 2.38. The molecule has 0 radical (unpaired) electrons. The number of hydrogen-bond acceptors (Lipinski definition) is 3. The molecule has 0 aromatic heterocycles. The first-order valence-electron chi connectivity index (χ1n) is 9.06. The van der Waals surface area contributed by atoms with Crippen LogP contribution in [0.1, 0.15) is 38.7 Å². The second-order valence-electron chi connectivity index (χ2n) is 6.42. The Morgan fingerprint density at radius 2 is 1.84 bits per heavy atom. The summed E-state index contributed by atoms with van der Waals surface area (Å²) in [6.07, 6.45) is 3.57. The summed E-state index contributed by atoms with van der Waals surface area (Å²) in [5.41, 5.74) is 1.50. The number of hydrogen-bond donors (Lipinski definition) is 3. The topological polar surface area (TPSA) is 82.6 Å². The maximum atomic E-state index is 11.4. The SMILES string of the molecule is CCNC(=NCC1(c2ccccc2)CCC1)NCCNS(=O)(=O)CC. The van der Waals surface area contributed by atoms with E-state index in [4.69, 9.17) is 4.99 Å². The van der Waals surface area contributed by atoms with Gasteiger partial charge in [-0.15, -0.1) is 0 Å². The Labute approximate surface area is 151 Å². The van der Waals surface area contributed by atoms with Crippen LogP contribution in [0.15, 0.2) is 35.3 Å². The molecule has 3 N–H and O–H groups in total. The Hall–Kier alpha value is -1.60. The first-order valence-corrected chi connectivity index (χ1v) is 10.7. The fraction of sp³-hybridized carbons (Fsp3) is 0.611. The summed E-state index contributed by atoms with van der Waals surface area (Å²) in [5.74, 6) is 0.834. The minimum Gasteiger partial charge on any atom is -0.357 e. The zero-order valence-electron chi connectivity index (χ0n) is 15.2. The number of benzene rings is 1. The summed E-state index contributed by atoms with van der Waals surface area (Å²) in [7, 11) is -3.15. The van der Waals surface area contributed by atoms with Crippen molar-refractivity contribution in [2.24, 2.45) is 4.99 Å². The van der Waals surface area contributed by atoms with E-state index in [1.54, 1.807) is 6.92 Å². The molecule has 0 spiro atoms. The maximum absolute atomic E-state index is 11.4. The lowest BCUT2D eigenvalue weighted by Crippen LogP contribution is -2.44. The van der Waals surface area contributed by atoms with Gasteiger partial charge in [0.25, 0.3) is 0 Å². The standard InChI is InChI=1S/C18H30N4O2S/c1-3-19-17(20-13-14-22-25(23,24)4-2)21-15-18(11-8-12-18)16-9-6-5-7-10-16/h5-7,9-10,22H,3-4,8,11-15H2,1-2H3,(H2,19,20,21). The van der Waals surface area contributed by atoms with Gasteiger partial charge in [-0.1, -0.05) is 36.8 Å². The Kier molecular flexibility index (Phi) is 7.25. The summed E-state index contributed by atoms with van der Waals surface area (Å²) < 4.78 is 25.4. The van der Waals surface area contributed by atoms with Crippen molar-refractivity contribution < 1.29 is 8.42 Å². The molecule has 1 fully saturated rings. The van der Waals surface area contributed by atoms with Crippen LogP contribution in [0.2, 0.25) is 0 Å². The van der Waals surface area contributed by atoms with E-state index in [1.807, 2.05) is 13.0 Å². The molecule has 0 heterocycles. The average Bonchev–Trinajstić information content (AvgIpc) is 2.58. The third kappa shape index (κ3) is 5.71. The first kappa shape index (κ1) is 19.7. The molecule has 25 heavy (non-hydrogen) atoms. The molecule has 1 saturated carbocycles. The number of nitrogens with one attached hydrogen (secondary N) is 3. The van der Waals surface area contributed by atoms with E-state index < -0.39 is 10.0 Å². The predicted octanol–water partition coefficient (Wildman–Crippen LogP) is 1.60. The van der Waals surface area contributed by atoms with E-state index in [0.29, 0.717) is 13.1 Å². The number of rotatable bonds is 9. The highest BCUT2D eigenvalue weighted by atomic mass is 32.2. The molecular weight excluding hydrogens is 336 g/mol. The van der Waals surface area contributed by atoms with E-state index in [-0.39, 0.29) is 11.2 Å². The van der Waals surface area contributed by atoms with Crippen LogP contribution in [-0.4, -0.2) is 46.3 Å². The third-order valence-corrected chi connectivity index (χ3v) is 6.10. The van der Waals surface area contributed by atoms with Gasteiger partial charge >= 0.3 is 0 Å². The van der Waals surface area contributed by atoms with E-state index in [2.05, 4.69) is 39.6 Å². The molecule has 0 unspecified atom stereocenters. The molecule has 1 aromatic rings. The van der Waals surface area contributed by atoms with E-state index in [9.17, 15) is 8.42 Å². The van der Waals surface area contributed by atoms with Gasteiger partial charge in [0.2, 0.25) is 10.0 Å². The Balaban J connectivity index is 1.92. The molecule has 0 atom stereocenters. The lowest BCUT2D eigenvalue weighted by molar-refractivity contribution is 0.253. The maximum Gasteiger partial charge on any atom is 0.211 e. The highest BCUT2D eigenvalue weighted by molar-refractivity contribution is 7.89. The van der Waals surface area contributed by atoms with Crippen LogP contribution >= 0.6 is 0 Å². The fourth-order valence-corrected chi connectivity index (χ4v) is 3.61. The molecule has 7 heteroatoms. The second kappa shape index (κ2) is 9.20. The zero-order valence-corrected chi connectivity index (χ0v) is 16.0. The summed E-state index contributed by atoms with van der Waals surface area (Å²) >= 11 is 0. The van der Waals surface area contributed by atoms with Gasteiger partial charge in [-0.2, -0.15) is 0 Å². The molecule has 140 valence electrons. The second-order valence-corrected chi connectivity index (χ2v) is 8.52. The van der Waals surface area contributed by atoms with Crippen LogP contribution in [-0.2, 0) is 15.4 Å². The van der Waals surface area contributed by atoms with Gasteiger partial charge in [-0.25, -0.2) is 13.1 Å². The third-order valence-electron chi connectivity index (χ3n) is 4.70. The summed E-state index contributed by atoms with van der Waals surface area (Å²) in [5, 5.41) is 6.43. The smallest absolute Gasteiger partial charge is 0.211 e. The lowest BCUT2D eigenvalue weighted by Gasteiger charge is -2.41. The summed E-state index contributed by atoms with van der Waals surface area (Å²) in [6.45, 7) is 6.02. The molecule has 1 aliphatic rings. The Morgan fingerprint density at radius 3 is 2.40 bits per heavy atom. The van der Waals surface area contributed by atoms with Gasteiger partial charge in [0.1, 0.15) is 0 Å². The van der Waals surface area contributed by atoms with Gasteiger partial charge in [-0.3, -0.25) is 4.99 Å². The number of guanidine groups is 1. The minimum atomic E-state index is -3.15. The lowest BCUT2D eigenvalue weighted by atomic mass is 9.64. The molecule has 0 bridgehead atoms. The monoisotopic (exact) mass is 366 g/mol. The van der Waals surface area contributed by atoms with Crippen LogP contribution in [0.4, 0.5) is 0 Å². The van der Waals surface area contributed by atoms with Gasteiger partial charge < -0.3 is 10.6 Å². The van der Waals surface area contributed by atoms with E-state index in [0.717, 1.165) is 31.9 Å². The molecule has 0 saturated heterocycles. The van der Waals surface area contributed by atoms with Crippen LogP contribution in [0.5, 0.6) is 0 Å². The molecule has 6 nitrogen and oxygen atoms in total. The number of nitrogens with zero attached hydrogens (tertiary/aromatic N) is 1. The predicted molar refractivity (Wildman–Crippen MR) is 103 cm³/mol. The Bertz CT molecular complexity index is 655. The van der Waals surface area contributed by atoms with Crippen molar-refractivity contribution in [1.82, 2.24) is 15.4 Å². The number of sulfonamides is 1. The zero-order chi connectivity index (χ0) is 18.2. The fourth-order valence-electron chi connectivity index (χ4n) is 2.99. The van der Waals surface area contributed by atoms with Crippen molar-refractivity contribution in [3.63, 3.8) is 0 Å². The summed E-state index contributed by atoms with van der Waals surface area (Å²) in [4.78, 5) is 4.76. The van der Waals surface area contributed by atoms with Crippen molar-refractivity contribution >= 4 is 16.0 Å². The van der Waals surface area contributed by atoms with Crippen LogP contribution < -0.4 is 15.4 Å². The van der Waals surface area contributed by atoms with Crippen molar-refractivity contribution in [3.05, 3.63) is 35.9 Å². The van der Waals surface area contributed by atoms with Gasteiger partial charge in [-0.05, 0) is 32.3 Å². The molecule has 1 aromatic carbocycles. The largest absolute Gasteiger partial charge is 0.357 e. The molecule has 0 amide bonds. The first-order chi connectivity index (χ1) is 12.0. The van der Waals surface area contributed by atoms with Gasteiger partial charge in [0.15, 0.2) is 5.96 Å².